The molecule has 0 fully saturated rings. The van der Waals surface area contributed by atoms with Crippen LogP contribution in [-0.2, 0) is 9.47 Å². The summed E-state index contributed by atoms with van der Waals surface area (Å²) in [5.41, 5.74) is 6.51. The first-order valence-corrected chi connectivity index (χ1v) is 14.5. The Labute approximate surface area is 205 Å². The molecule has 0 heterocycles. The van der Waals surface area contributed by atoms with Crippen LogP contribution in [0.3, 0.4) is 0 Å². The lowest BCUT2D eigenvalue weighted by Crippen LogP contribution is -2.56. The van der Waals surface area contributed by atoms with Gasteiger partial charge >= 0.3 is 0 Å². The summed E-state index contributed by atoms with van der Waals surface area (Å²) in [6, 6.07) is 19.4. The average molecular weight is 480 g/mol. The van der Waals surface area contributed by atoms with E-state index in [0.717, 1.165) is 34.0 Å². The molecule has 3 aromatic rings. The summed E-state index contributed by atoms with van der Waals surface area (Å²) in [7, 11) is 0.954. The molecule has 0 aromatic heterocycles. The van der Waals surface area contributed by atoms with E-state index in [2.05, 4.69) is 100.0 Å². The van der Waals surface area contributed by atoms with Gasteiger partial charge in [0.2, 0.25) is 0 Å². The summed E-state index contributed by atoms with van der Waals surface area (Å²) < 4.78 is 25.4. The number of ether oxygens (including phenoxy) is 4. The Morgan fingerprint density at radius 1 is 0.676 bits per heavy atom. The maximum atomic E-state index is 6.18. The molecule has 0 amide bonds. The summed E-state index contributed by atoms with van der Waals surface area (Å²) >= 11 is 0. The van der Waals surface area contributed by atoms with Crippen LogP contribution in [0.4, 0.5) is 11.4 Å². The van der Waals surface area contributed by atoms with Crippen LogP contribution in [0, 0.1) is 27.7 Å². The molecule has 0 unspecified atom stereocenters. The summed E-state index contributed by atoms with van der Waals surface area (Å²) in [5.74, 6) is 1.64. The Kier molecular flexibility index (Phi) is 8.41. The van der Waals surface area contributed by atoms with E-state index in [1.807, 2.05) is 0 Å². The smallest absolute Gasteiger partial charge is 0.188 e. The number of hydrogen-bond donors (Lipinski definition) is 0. The maximum absolute atomic E-state index is 6.18. The van der Waals surface area contributed by atoms with E-state index in [1.165, 1.54) is 16.3 Å². The first-order valence-electron chi connectivity index (χ1n) is 11.5. The second kappa shape index (κ2) is 11.1. The third-order valence-electron chi connectivity index (χ3n) is 5.96. The van der Waals surface area contributed by atoms with Gasteiger partial charge in [-0.05, 0) is 80.4 Å². The van der Waals surface area contributed by atoms with Crippen molar-refractivity contribution in [3.63, 3.8) is 0 Å². The van der Waals surface area contributed by atoms with E-state index < -0.39 is 8.24 Å². The van der Waals surface area contributed by atoms with Gasteiger partial charge in [-0.25, -0.2) is 0 Å². The van der Waals surface area contributed by atoms with Gasteiger partial charge in [-0.1, -0.05) is 42.5 Å². The summed E-state index contributed by atoms with van der Waals surface area (Å²) in [6.07, 6.45) is 0. The largest absolute Gasteiger partial charge is 0.465 e. The van der Waals surface area contributed by atoms with E-state index in [0.29, 0.717) is 0 Å². The van der Waals surface area contributed by atoms with Gasteiger partial charge in [-0.3, -0.25) is 0 Å². The van der Waals surface area contributed by atoms with Crippen molar-refractivity contribution in [3.8, 4) is 11.5 Å². The SMILES string of the molecule is COCOc1c(C)cc(C)cc1N(c1cc(C)cc(C)c1OCOC)[Si](C)(C)c1ccccc1. The molecule has 0 bridgehead atoms. The zero-order chi connectivity index (χ0) is 24.9. The first-order chi connectivity index (χ1) is 16.2. The van der Waals surface area contributed by atoms with Gasteiger partial charge in [0, 0.05) is 14.2 Å². The van der Waals surface area contributed by atoms with Crippen molar-refractivity contribution >= 4 is 24.8 Å². The Bertz CT molecular complexity index is 1050. The van der Waals surface area contributed by atoms with Crippen LogP contribution in [0.5, 0.6) is 11.5 Å². The van der Waals surface area contributed by atoms with Crippen LogP contribution < -0.4 is 19.2 Å². The minimum Gasteiger partial charge on any atom is -0.465 e. The van der Waals surface area contributed by atoms with Crippen LogP contribution in [0.1, 0.15) is 22.3 Å². The number of anilines is 2. The van der Waals surface area contributed by atoms with Gasteiger partial charge in [-0.15, -0.1) is 0 Å². The first kappa shape index (κ1) is 25.8. The average Bonchev–Trinajstić information content (AvgIpc) is 2.78. The lowest BCUT2D eigenvalue weighted by atomic mass is 10.1. The lowest BCUT2D eigenvalue weighted by molar-refractivity contribution is 0.0506. The maximum Gasteiger partial charge on any atom is 0.188 e. The van der Waals surface area contributed by atoms with Crippen molar-refractivity contribution in [3.05, 3.63) is 76.9 Å². The van der Waals surface area contributed by atoms with Gasteiger partial charge in [0.25, 0.3) is 0 Å². The van der Waals surface area contributed by atoms with Gasteiger partial charge in [0.05, 0.1) is 11.4 Å². The van der Waals surface area contributed by atoms with Crippen molar-refractivity contribution in [2.75, 3.05) is 32.4 Å². The number of hydrogen-bond acceptors (Lipinski definition) is 5. The molecule has 3 rings (SSSR count). The molecule has 0 radical (unpaired) electrons. The van der Waals surface area contributed by atoms with Crippen LogP contribution in [0.2, 0.25) is 13.1 Å². The highest BCUT2D eigenvalue weighted by atomic mass is 28.3. The minimum atomic E-state index is -2.33. The number of aryl methyl sites for hydroxylation is 4. The highest BCUT2D eigenvalue weighted by Gasteiger charge is 2.37. The second-order valence-electron chi connectivity index (χ2n) is 9.22. The highest BCUT2D eigenvalue weighted by Crippen LogP contribution is 2.45. The zero-order valence-electron chi connectivity index (χ0n) is 21.7. The van der Waals surface area contributed by atoms with Gasteiger partial charge in [0.15, 0.2) is 21.8 Å². The van der Waals surface area contributed by atoms with Gasteiger partial charge < -0.3 is 23.5 Å². The molecule has 5 nitrogen and oxygen atoms in total. The predicted octanol–water partition coefficient (Wildman–Crippen LogP) is 6.14. The fourth-order valence-electron chi connectivity index (χ4n) is 4.51. The molecule has 34 heavy (non-hydrogen) atoms. The van der Waals surface area contributed by atoms with E-state index in [9.17, 15) is 0 Å². The fraction of sp³-hybridized carbons (Fsp3) is 0.357. The molecule has 0 atom stereocenters. The van der Waals surface area contributed by atoms with Crippen molar-refractivity contribution in [1.82, 2.24) is 0 Å². The number of rotatable bonds is 10. The van der Waals surface area contributed by atoms with Crippen LogP contribution in [0.25, 0.3) is 0 Å². The van der Waals surface area contributed by atoms with Crippen molar-refractivity contribution in [1.29, 1.82) is 0 Å². The zero-order valence-corrected chi connectivity index (χ0v) is 22.7. The molecule has 3 aromatic carbocycles. The molecular formula is C28H37NO4Si. The van der Waals surface area contributed by atoms with Crippen LogP contribution >= 0.6 is 0 Å². The molecule has 0 saturated heterocycles. The Hall–Kier alpha value is -2.80. The normalized spacial score (nSPS) is 11.4. The summed E-state index contributed by atoms with van der Waals surface area (Å²) in [6.45, 7) is 13.5. The van der Waals surface area contributed by atoms with Crippen molar-refractivity contribution < 1.29 is 18.9 Å². The number of benzene rings is 3. The third kappa shape index (κ3) is 5.46. The molecule has 182 valence electrons. The molecule has 0 saturated carbocycles. The molecule has 0 aliphatic rings. The third-order valence-corrected chi connectivity index (χ3v) is 9.31. The lowest BCUT2D eigenvalue weighted by Gasteiger charge is -2.41. The Morgan fingerprint density at radius 3 is 1.53 bits per heavy atom. The van der Waals surface area contributed by atoms with E-state index in [-0.39, 0.29) is 13.6 Å². The van der Waals surface area contributed by atoms with E-state index >= 15 is 0 Å². The topological polar surface area (TPSA) is 40.2 Å². The summed E-state index contributed by atoms with van der Waals surface area (Å²) in [5, 5.41) is 1.31. The van der Waals surface area contributed by atoms with E-state index in [1.54, 1.807) is 14.2 Å². The van der Waals surface area contributed by atoms with Crippen molar-refractivity contribution in [2.24, 2.45) is 0 Å². The van der Waals surface area contributed by atoms with Gasteiger partial charge in [0.1, 0.15) is 11.5 Å². The Balaban J connectivity index is 2.38. The van der Waals surface area contributed by atoms with Crippen LogP contribution in [0.15, 0.2) is 54.6 Å². The quantitative estimate of drug-likeness (QED) is 0.258. The van der Waals surface area contributed by atoms with Crippen LogP contribution in [-0.4, -0.2) is 36.0 Å². The molecule has 6 heteroatoms. The van der Waals surface area contributed by atoms with Gasteiger partial charge in [-0.2, -0.15) is 0 Å². The van der Waals surface area contributed by atoms with Crippen molar-refractivity contribution in [2.45, 2.75) is 40.8 Å². The molecule has 0 spiro atoms. The highest BCUT2D eigenvalue weighted by molar-refractivity contribution is 6.93. The fourth-order valence-corrected chi connectivity index (χ4v) is 7.32. The predicted molar refractivity (Wildman–Crippen MR) is 143 cm³/mol. The molecular weight excluding hydrogens is 442 g/mol. The molecule has 0 aliphatic heterocycles. The minimum absolute atomic E-state index is 0.179. The number of nitrogens with zero attached hydrogens (tertiary/aromatic N) is 1. The second-order valence-corrected chi connectivity index (χ2v) is 13.4. The standard InChI is InChI=1S/C28H37NO4Si/c1-20-14-22(3)27(32-18-30-5)25(16-20)29(34(7,8)24-12-10-9-11-13-24)26-17-21(2)15-23(4)28(26)33-19-31-6/h9-17H,18-19H2,1-8H3. The summed E-state index contributed by atoms with van der Waals surface area (Å²) in [4.78, 5) is 0. The van der Waals surface area contributed by atoms with E-state index in [4.69, 9.17) is 18.9 Å². The molecule has 0 aliphatic carbocycles. The molecule has 0 N–H and O–H groups in total. The monoisotopic (exact) mass is 479 g/mol. The number of methoxy groups -OCH3 is 2. The Morgan fingerprint density at radius 2 is 1.12 bits per heavy atom.